The minimum absolute atomic E-state index is 0.0330. The highest BCUT2D eigenvalue weighted by Crippen LogP contribution is 2.24. The van der Waals surface area contributed by atoms with E-state index in [1.165, 1.54) is 28.6 Å². The molecule has 8 heteroatoms. The Kier molecular flexibility index (Phi) is 4.53. The van der Waals surface area contributed by atoms with Gasteiger partial charge in [-0.05, 0) is 48.5 Å². The number of tetrazole rings is 1. The van der Waals surface area contributed by atoms with Gasteiger partial charge >= 0.3 is 0 Å². The normalized spacial score (nSPS) is 10.9. The first-order valence-electron chi connectivity index (χ1n) is 6.82. The number of Topliss-reactive ketones (excluding diaryl/α,β-unsaturated/α-hetero) is 1. The van der Waals surface area contributed by atoms with Gasteiger partial charge in [0.25, 0.3) is 0 Å². The Balaban J connectivity index is 1.76. The summed E-state index contributed by atoms with van der Waals surface area (Å²) in [6.45, 7) is 3.92. The van der Waals surface area contributed by atoms with E-state index in [0.29, 0.717) is 10.8 Å². The van der Waals surface area contributed by atoms with E-state index in [9.17, 15) is 9.18 Å². The maximum absolute atomic E-state index is 13.3. The van der Waals surface area contributed by atoms with Gasteiger partial charge in [-0.1, -0.05) is 17.8 Å². The third-order valence-electron chi connectivity index (χ3n) is 3.17. The predicted molar refractivity (Wildman–Crippen MR) is 88.0 cm³/mol. The Morgan fingerprint density at radius 3 is 2.87 bits per heavy atom. The predicted octanol–water partition coefficient (Wildman–Crippen LogP) is 3.45. The van der Waals surface area contributed by atoms with Crippen LogP contribution >= 0.6 is 23.1 Å². The Bertz CT molecular complexity index is 859. The lowest BCUT2D eigenvalue weighted by atomic mass is 10.2. The minimum Gasteiger partial charge on any atom is -0.293 e. The standard InChI is InChI=1S/C15H13FN4OS2/c1-9-6-13(10(2)23-9)14(21)8-22-15-17-18-19-20(15)12-5-3-4-11(16)7-12/h3-7H,8H2,1-2H3. The van der Waals surface area contributed by atoms with Crippen molar-refractivity contribution in [2.24, 2.45) is 0 Å². The summed E-state index contributed by atoms with van der Waals surface area (Å²) in [5.41, 5.74) is 1.26. The molecule has 2 aromatic heterocycles. The fourth-order valence-electron chi connectivity index (χ4n) is 2.15. The topological polar surface area (TPSA) is 60.7 Å². The first kappa shape index (κ1) is 15.8. The second-order valence-electron chi connectivity index (χ2n) is 4.89. The highest BCUT2D eigenvalue weighted by Gasteiger charge is 2.15. The number of benzene rings is 1. The first-order valence-corrected chi connectivity index (χ1v) is 8.62. The van der Waals surface area contributed by atoms with E-state index < -0.39 is 0 Å². The maximum Gasteiger partial charge on any atom is 0.214 e. The van der Waals surface area contributed by atoms with Crippen LogP contribution in [0, 0.1) is 19.7 Å². The summed E-state index contributed by atoms with van der Waals surface area (Å²) in [4.78, 5) is 14.4. The maximum atomic E-state index is 13.3. The van der Waals surface area contributed by atoms with E-state index >= 15 is 0 Å². The lowest BCUT2D eigenvalue weighted by Gasteiger charge is -2.04. The Morgan fingerprint density at radius 2 is 2.17 bits per heavy atom. The van der Waals surface area contributed by atoms with Crippen LogP contribution in [0.4, 0.5) is 4.39 Å². The molecule has 0 aliphatic rings. The Morgan fingerprint density at radius 1 is 1.35 bits per heavy atom. The van der Waals surface area contributed by atoms with Crippen molar-refractivity contribution in [3.8, 4) is 5.69 Å². The number of hydrogen-bond donors (Lipinski definition) is 0. The average molecular weight is 348 g/mol. The average Bonchev–Trinajstić information content (AvgIpc) is 3.11. The van der Waals surface area contributed by atoms with Gasteiger partial charge in [0.15, 0.2) is 5.78 Å². The summed E-state index contributed by atoms with van der Waals surface area (Å²) in [6.07, 6.45) is 0. The van der Waals surface area contributed by atoms with E-state index in [2.05, 4.69) is 15.5 Å². The number of thioether (sulfide) groups is 1. The highest BCUT2D eigenvalue weighted by molar-refractivity contribution is 7.99. The summed E-state index contributed by atoms with van der Waals surface area (Å²) < 4.78 is 14.8. The van der Waals surface area contributed by atoms with Gasteiger partial charge in [-0.15, -0.1) is 16.4 Å². The number of nitrogens with zero attached hydrogens (tertiary/aromatic N) is 4. The van der Waals surface area contributed by atoms with Gasteiger partial charge in [0, 0.05) is 15.3 Å². The van der Waals surface area contributed by atoms with Crippen molar-refractivity contribution in [1.29, 1.82) is 0 Å². The van der Waals surface area contributed by atoms with Gasteiger partial charge in [0.05, 0.1) is 11.4 Å². The third-order valence-corrected chi connectivity index (χ3v) is 5.05. The van der Waals surface area contributed by atoms with Crippen LogP contribution in [-0.2, 0) is 0 Å². The van der Waals surface area contributed by atoms with Crippen LogP contribution < -0.4 is 0 Å². The van der Waals surface area contributed by atoms with Gasteiger partial charge in [-0.25, -0.2) is 4.39 Å². The van der Waals surface area contributed by atoms with E-state index in [0.717, 1.165) is 15.3 Å². The van der Waals surface area contributed by atoms with Crippen LogP contribution in [-0.4, -0.2) is 31.7 Å². The molecule has 3 aromatic rings. The molecule has 0 fully saturated rings. The molecule has 118 valence electrons. The number of ketones is 1. The zero-order valence-electron chi connectivity index (χ0n) is 12.5. The monoisotopic (exact) mass is 348 g/mol. The summed E-state index contributed by atoms with van der Waals surface area (Å²) in [5, 5.41) is 11.8. The molecule has 0 aliphatic heterocycles. The molecule has 5 nitrogen and oxygen atoms in total. The molecule has 23 heavy (non-hydrogen) atoms. The van der Waals surface area contributed by atoms with E-state index in [4.69, 9.17) is 0 Å². The molecule has 0 unspecified atom stereocenters. The molecule has 0 atom stereocenters. The molecule has 0 amide bonds. The Labute approximate surface area is 140 Å². The lowest BCUT2D eigenvalue weighted by molar-refractivity contribution is 0.102. The first-order chi connectivity index (χ1) is 11.0. The van der Waals surface area contributed by atoms with Crippen LogP contribution in [0.1, 0.15) is 20.1 Å². The number of halogens is 1. The number of aromatic nitrogens is 4. The molecular weight excluding hydrogens is 335 g/mol. The second-order valence-corrected chi connectivity index (χ2v) is 7.29. The highest BCUT2D eigenvalue weighted by atomic mass is 32.2. The molecular formula is C15H13FN4OS2. The van der Waals surface area contributed by atoms with Crippen molar-refractivity contribution < 1.29 is 9.18 Å². The molecule has 0 spiro atoms. The van der Waals surface area contributed by atoms with Crippen molar-refractivity contribution in [3.63, 3.8) is 0 Å². The van der Waals surface area contributed by atoms with Crippen molar-refractivity contribution in [1.82, 2.24) is 20.2 Å². The Hall–Kier alpha value is -2.06. The second kappa shape index (κ2) is 6.59. The van der Waals surface area contributed by atoms with Crippen molar-refractivity contribution >= 4 is 28.9 Å². The van der Waals surface area contributed by atoms with Crippen LogP contribution in [0.25, 0.3) is 5.69 Å². The smallest absolute Gasteiger partial charge is 0.214 e. The lowest BCUT2D eigenvalue weighted by Crippen LogP contribution is -2.05. The molecule has 0 saturated carbocycles. The minimum atomic E-state index is -0.366. The summed E-state index contributed by atoms with van der Waals surface area (Å²) in [6, 6.07) is 7.89. The van der Waals surface area contributed by atoms with Crippen LogP contribution in [0.3, 0.4) is 0 Å². The quantitative estimate of drug-likeness (QED) is 0.522. The molecule has 2 heterocycles. The summed E-state index contributed by atoms with van der Waals surface area (Å²) >= 11 is 2.84. The fraction of sp³-hybridized carbons (Fsp3) is 0.200. The molecule has 0 aliphatic carbocycles. The molecule has 0 N–H and O–H groups in total. The molecule has 1 aromatic carbocycles. The van der Waals surface area contributed by atoms with Crippen LogP contribution in [0.5, 0.6) is 0 Å². The van der Waals surface area contributed by atoms with E-state index in [1.807, 2.05) is 19.9 Å². The van der Waals surface area contributed by atoms with Crippen molar-refractivity contribution in [3.05, 3.63) is 51.5 Å². The SMILES string of the molecule is Cc1cc(C(=O)CSc2nnnn2-c2cccc(F)c2)c(C)s1. The fourth-order valence-corrected chi connectivity index (χ4v) is 3.87. The van der Waals surface area contributed by atoms with Gasteiger partial charge in [-0.2, -0.15) is 4.68 Å². The number of aryl methyl sites for hydroxylation is 2. The van der Waals surface area contributed by atoms with Crippen LogP contribution in [0.2, 0.25) is 0 Å². The van der Waals surface area contributed by atoms with Gasteiger partial charge in [0.2, 0.25) is 5.16 Å². The number of carbonyl (C=O) groups excluding carboxylic acids is 1. The van der Waals surface area contributed by atoms with Gasteiger partial charge in [0.1, 0.15) is 5.82 Å². The number of thiophene rings is 1. The zero-order chi connectivity index (χ0) is 16.4. The zero-order valence-corrected chi connectivity index (χ0v) is 14.1. The number of rotatable bonds is 5. The van der Waals surface area contributed by atoms with Crippen LogP contribution in [0.15, 0.2) is 35.5 Å². The number of hydrogen-bond acceptors (Lipinski definition) is 6. The molecule has 0 radical (unpaired) electrons. The third kappa shape index (κ3) is 3.48. The number of carbonyl (C=O) groups is 1. The van der Waals surface area contributed by atoms with E-state index in [1.54, 1.807) is 23.5 Å². The largest absolute Gasteiger partial charge is 0.293 e. The summed E-state index contributed by atoms with van der Waals surface area (Å²) in [7, 11) is 0. The van der Waals surface area contributed by atoms with Gasteiger partial charge < -0.3 is 0 Å². The van der Waals surface area contributed by atoms with Gasteiger partial charge in [-0.3, -0.25) is 4.79 Å². The van der Waals surface area contributed by atoms with Crippen molar-refractivity contribution in [2.45, 2.75) is 19.0 Å². The molecule has 0 saturated heterocycles. The molecule has 0 bridgehead atoms. The van der Waals surface area contributed by atoms with Crippen molar-refractivity contribution in [2.75, 3.05) is 5.75 Å². The summed E-state index contributed by atoms with van der Waals surface area (Å²) in [5.74, 6) is -0.104. The van der Waals surface area contributed by atoms with E-state index in [-0.39, 0.29) is 17.4 Å². The molecule has 3 rings (SSSR count).